The normalized spacial score (nSPS) is 14.4. The zero-order valence-corrected chi connectivity index (χ0v) is 26.9. The predicted molar refractivity (Wildman–Crippen MR) is 172 cm³/mol. The lowest BCUT2D eigenvalue weighted by atomic mass is 10.0. The first-order chi connectivity index (χ1) is 20.1. The number of hydrogen-bond acceptors (Lipinski definition) is 4. The van der Waals surface area contributed by atoms with Gasteiger partial charge in [0, 0.05) is 41.5 Å². The fourth-order valence-corrected chi connectivity index (χ4v) is 6.98. The van der Waals surface area contributed by atoms with Crippen LogP contribution in [-0.4, -0.2) is 50.0 Å². The van der Waals surface area contributed by atoms with Crippen molar-refractivity contribution in [3.05, 3.63) is 99.5 Å². The molecule has 4 rings (SSSR count). The number of halogens is 2. The van der Waals surface area contributed by atoms with Crippen molar-refractivity contribution in [1.29, 1.82) is 0 Å². The second-order valence-electron chi connectivity index (χ2n) is 10.8. The summed E-state index contributed by atoms with van der Waals surface area (Å²) >= 11 is 9.64. The summed E-state index contributed by atoms with van der Waals surface area (Å²) in [7, 11) is -3.61. The Morgan fingerprint density at radius 2 is 1.67 bits per heavy atom. The van der Waals surface area contributed by atoms with Crippen LogP contribution in [0.5, 0.6) is 0 Å². The summed E-state index contributed by atoms with van der Waals surface area (Å²) in [5.74, 6) is -0.372. The van der Waals surface area contributed by atoms with Crippen LogP contribution in [0.1, 0.15) is 49.7 Å². The van der Waals surface area contributed by atoms with Gasteiger partial charge in [-0.05, 0) is 60.7 Å². The van der Waals surface area contributed by atoms with Gasteiger partial charge in [0.15, 0.2) is 0 Å². The van der Waals surface area contributed by atoms with E-state index in [4.69, 9.17) is 11.6 Å². The molecule has 10 heteroatoms. The van der Waals surface area contributed by atoms with Gasteiger partial charge in [0.1, 0.15) is 6.04 Å². The Labute approximate surface area is 262 Å². The van der Waals surface area contributed by atoms with Crippen molar-refractivity contribution >= 4 is 55.1 Å². The molecular formula is C32H37BrClN3O4S. The summed E-state index contributed by atoms with van der Waals surface area (Å²) in [5.41, 5.74) is 2.29. The highest BCUT2D eigenvalue weighted by molar-refractivity contribution is 9.10. The van der Waals surface area contributed by atoms with Crippen LogP contribution in [0.25, 0.3) is 0 Å². The molecule has 0 unspecified atom stereocenters. The topological polar surface area (TPSA) is 86.8 Å². The minimum absolute atomic E-state index is 0.0720. The Hall–Kier alpha value is -2.88. The predicted octanol–water partition coefficient (Wildman–Crippen LogP) is 6.35. The fourth-order valence-electron chi connectivity index (χ4n) is 5.39. The summed E-state index contributed by atoms with van der Waals surface area (Å²) in [6.07, 6.45) is 5.90. The maximum Gasteiger partial charge on any atom is 0.243 e. The Balaban J connectivity index is 1.59. The zero-order chi connectivity index (χ0) is 30.1. The van der Waals surface area contributed by atoms with Crippen molar-refractivity contribution in [2.24, 2.45) is 0 Å². The molecule has 3 aromatic carbocycles. The van der Waals surface area contributed by atoms with Crippen LogP contribution in [0.4, 0.5) is 5.69 Å². The monoisotopic (exact) mass is 673 g/mol. The Morgan fingerprint density at radius 1 is 0.976 bits per heavy atom. The number of hydrogen-bond donors (Lipinski definition) is 1. The number of carbonyl (C=O) groups is 2. The molecular weight excluding hydrogens is 638 g/mol. The molecule has 0 heterocycles. The smallest absolute Gasteiger partial charge is 0.243 e. The van der Waals surface area contributed by atoms with Crippen LogP contribution >= 0.6 is 27.5 Å². The van der Waals surface area contributed by atoms with Crippen molar-refractivity contribution in [3.63, 3.8) is 0 Å². The van der Waals surface area contributed by atoms with Gasteiger partial charge < -0.3 is 10.2 Å². The van der Waals surface area contributed by atoms with Gasteiger partial charge >= 0.3 is 0 Å². The molecule has 42 heavy (non-hydrogen) atoms. The lowest BCUT2D eigenvalue weighted by molar-refractivity contribution is -0.141. The molecule has 1 saturated carbocycles. The molecule has 0 spiro atoms. The van der Waals surface area contributed by atoms with Crippen molar-refractivity contribution < 1.29 is 18.0 Å². The summed E-state index contributed by atoms with van der Waals surface area (Å²) in [6.45, 7) is 0.352. The van der Waals surface area contributed by atoms with Gasteiger partial charge in [0.25, 0.3) is 0 Å². The maximum absolute atomic E-state index is 14.0. The van der Waals surface area contributed by atoms with E-state index < -0.39 is 16.1 Å². The molecule has 1 N–H and O–H groups in total. The number of sulfonamides is 1. The van der Waals surface area contributed by atoms with Crippen LogP contribution in [0.2, 0.25) is 5.02 Å². The highest BCUT2D eigenvalue weighted by Crippen LogP contribution is 2.24. The van der Waals surface area contributed by atoms with Crippen molar-refractivity contribution in [2.45, 2.75) is 63.6 Å². The van der Waals surface area contributed by atoms with Crippen molar-refractivity contribution in [3.8, 4) is 0 Å². The second-order valence-corrected chi connectivity index (χ2v) is 14.0. The van der Waals surface area contributed by atoms with Gasteiger partial charge in [-0.2, -0.15) is 0 Å². The van der Waals surface area contributed by atoms with Gasteiger partial charge in [-0.3, -0.25) is 13.9 Å². The van der Waals surface area contributed by atoms with Gasteiger partial charge in [-0.1, -0.05) is 88.9 Å². The van der Waals surface area contributed by atoms with Crippen LogP contribution in [0.15, 0.2) is 83.3 Å². The van der Waals surface area contributed by atoms with Crippen LogP contribution < -0.4 is 9.62 Å². The van der Waals surface area contributed by atoms with Gasteiger partial charge in [0.05, 0.1) is 11.9 Å². The Bertz CT molecular complexity index is 1470. The van der Waals surface area contributed by atoms with Gasteiger partial charge in [0.2, 0.25) is 21.8 Å². The Morgan fingerprint density at radius 3 is 2.33 bits per heavy atom. The minimum Gasteiger partial charge on any atom is -0.352 e. The van der Waals surface area contributed by atoms with Crippen LogP contribution in [-0.2, 0) is 32.6 Å². The van der Waals surface area contributed by atoms with Gasteiger partial charge in [-0.15, -0.1) is 0 Å². The van der Waals surface area contributed by atoms with E-state index in [-0.39, 0.29) is 43.8 Å². The molecule has 0 aromatic heterocycles. The van der Waals surface area contributed by atoms with Crippen molar-refractivity contribution in [2.75, 3.05) is 17.1 Å². The largest absolute Gasteiger partial charge is 0.352 e. The molecule has 1 aliphatic rings. The third kappa shape index (κ3) is 9.31. The minimum atomic E-state index is -3.61. The van der Waals surface area contributed by atoms with Crippen LogP contribution in [0, 0.1) is 0 Å². The van der Waals surface area contributed by atoms with Crippen molar-refractivity contribution in [1.82, 2.24) is 10.2 Å². The number of amides is 2. The number of benzene rings is 3. The fraction of sp³-hybridized carbons (Fsp3) is 0.375. The lowest BCUT2D eigenvalue weighted by Gasteiger charge is -2.33. The standard InChI is InChI=1S/C32H37BrClN3O4S/c1-42(40,41)37(29-17-8-14-27(34)22-29)19-9-18-31(38)36(23-25-12-7-13-26(33)20-25)30(21-24-10-3-2-4-11-24)32(39)35-28-15-5-6-16-28/h2-4,7-8,10-14,17,20,22,28,30H,5-6,9,15-16,18-19,21,23H2,1H3,(H,35,39)/t30-/m0/s1. The summed E-state index contributed by atoms with van der Waals surface area (Å²) in [6, 6.07) is 23.4. The maximum atomic E-state index is 14.0. The highest BCUT2D eigenvalue weighted by Gasteiger charge is 2.32. The molecule has 7 nitrogen and oxygen atoms in total. The molecule has 2 amide bonds. The molecule has 0 saturated heterocycles. The second kappa shape index (κ2) is 15.0. The number of nitrogens with one attached hydrogen (secondary N) is 1. The first-order valence-corrected chi connectivity index (χ1v) is 17.2. The SMILES string of the molecule is CS(=O)(=O)N(CCCC(=O)N(Cc1cccc(Br)c1)[C@@H](Cc1ccccc1)C(=O)NC1CCCC1)c1cccc(Cl)c1. The van der Waals surface area contributed by atoms with E-state index in [1.54, 1.807) is 29.2 Å². The molecule has 3 aromatic rings. The van der Waals surface area contributed by atoms with E-state index >= 15 is 0 Å². The number of nitrogens with zero attached hydrogens (tertiary/aromatic N) is 2. The van der Waals surface area contributed by atoms with E-state index in [1.807, 2.05) is 54.6 Å². The first-order valence-electron chi connectivity index (χ1n) is 14.2. The summed E-state index contributed by atoms with van der Waals surface area (Å²) in [5, 5.41) is 3.64. The summed E-state index contributed by atoms with van der Waals surface area (Å²) < 4.78 is 27.4. The molecule has 1 aliphatic carbocycles. The van der Waals surface area contributed by atoms with E-state index in [0.717, 1.165) is 47.5 Å². The third-order valence-corrected chi connectivity index (χ3v) is 9.39. The first kappa shape index (κ1) is 32.0. The molecule has 0 bridgehead atoms. The van der Waals surface area contributed by atoms with Gasteiger partial charge in [-0.25, -0.2) is 8.42 Å². The van der Waals surface area contributed by atoms with E-state index in [0.29, 0.717) is 17.1 Å². The summed E-state index contributed by atoms with van der Waals surface area (Å²) in [4.78, 5) is 29.5. The lowest BCUT2D eigenvalue weighted by Crippen LogP contribution is -2.52. The molecule has 0 aliphatic heterocycles. The quantitative estimate of drug-likeness (QED) is 0.229. The average molecular weight is 675 g/mol. The average Bonchev–Trinajstić information content (AvgIpc) is 3.46. The number of carbonyl (C=O) groups excluding carboxylic acids is 2. The molecule has 224 valence electrons. The van der Waals surface area contributed by atoms with E-state index in [9.17, 15) is 18.0 Å². The van der Waals surface area contributed by atoms with E-state index in [2.05, 4.69) is 21.2 Å². The molecule has 1 fully saturated rings. The number of anilines is 1. The highest BCUT2D eigenvalue weighted by atomic mass is 79.9. The van der Waals surface area contributed by atoms with Crippen LogP contribution in [0.3, 0.4) is 0 Å². The molecule has 0 radical (unpaired) electrons. The Kier molecular flexibility index (Phi) is 11.5. The molecule has 1 atom stereocenters. The third-order valence-electron chi connectivity index (χ3n) is 7.46. The van der Waals surface area contributed by atoms with E-state index in [1.165, 1.54) is 4.31 Å². The zero-order valence-electron chi connectivity index (χ0n) is 23.7. The number of rotatable bonds is 13.